The average Bonchev–Trinajstić information content (AvgIpc) is 2.78. The molecular weight excluding hydrogens is 232 g/mol. The number of carboxylic acid groups (broad SMARTS) is 1. The van der Waals surface area contributed by atoms with Gasteiger partial charge >= 0.3 is 5.97 Å². The molecule has 18 heavy (non-hydrogen) atoms. The predicted octanol–water partition coefficient (Wildman–Crippen LogP) is 2.37. The van der Waals surface area contributed by atoms with Gasteiger partial charge in [-0.25, -0.2) is 0 Å². The summed E-state index contributed by atoms with van der Waals surface area (Å²) in [5.74, 6) is -0.00798. The lowest BCUT2D eigenvalue weighted by Gasteiger charge is -2.01. The van der Waals surface area contributed by atoms with Gasteiger partial charge in [0.2, 0.25) is 11.7 Å². The SMILES string of the molecule is Cc1ccc(C)c(-c2noc(CCC(=O)O)n2)c1. The Morgan fingerprint density at radius 2 is 2.17 bits per heavy atom. The Hall–Kier alpha value is -2.17. The predicted molar refractivity (Wildman–Crippen MR) is 65.2 cm³/mol. The number of hydrogen-bond donors (Lipinski definition) is 1. The summed E-state index contributed by atoms with van der Waals surface area (Å²) in [5.41, 5.74) is 3.10. The first-order chi connectivity index (χ1) is 8.56. The molecule has 0 unspecified atom stereocenters. The zero-order valence-electron chi connectivity index (χ0n) is 10.3. The third kappa shape index (κ3) is 2.74. The molecule has 0 bridgehead atoms. The molecule has 1 N–H and O–H groups in total. The van der Waals surface area contributed by atoms with Gasteiger partial charge in [-0.15, -0.1) is 0 Å². The maximum atomic E-state index is 10.5. The van der Waals surface area contributed by atoms with Crippen LogP contribution in [0.3, 0.4) is 0 Å². The molecular formula is C13H14N2O3. The topological polar surface area (TPSA) is 76.2 Å². The molecule has 0 radical (unpaired) electrons. The fourth-order valence-electron chi connectivity index (χ4n) is 1.66. The van der Waals surface area contributed by atoms with Crippen molar-refractivity contribution < 1.29 is 14.4 Å². The van der Waals surface area contributed by atoms with E-state index in [1.165, 1.54) is 0 Å². The van der Waals surface area contributed by atoms with Crippen LogP contribution in [0.2, 0.25) is 0 Å². The van der Waals surface area contributed by atoms with Crippen LogP contribution in [-0.4, -0.2) is 21.2 Å². The number of aromatic nitrogens is 2. The quantitative estimate of drug-likeness (QED) is 0.896. The van der Waals surface area contributed by atoms with E-state index < -0.39 is 5.97 Å². The minimum atomic E-state index is -0.874. The van der Waals surface area contributed by atoms with Gasteiger partial charge in [0.25, 0.3) is 0 Å². The summed E-state index contributed by atoms with van der Waals surface area (Å²) in [7, 11) is 0. The van der Waals surface area contributed by atoms with Crippen LogP contribution in [0.1, 0.15) is 23.4 Å². The molecule has 1 aromatic heterocycles. The molecule has 1 heterocycles. The minimum absolute atomic E-state index is 0.00552. The van der Waals surface area contributed by atoms with Gasteiger partial charge in [-0.3, -0.25) is 4.79 Å². The van der Waals surface area contributed by atoms with Gasteiger partial charge in [-0.1, -0.05) is 22.9 Å². The first-order valence-electron chi connectivity index (χ1n) is 5.68. The second kappa shape index (κ2) is 5.00. The van der Waals surface area contributed by atoms with Crippen LogP contribution in [0.5, 0.6) is 0 Å². The zero-order chi connectivity index (χ0) is 13.1. The Labute approximate surface area is 104 Å². The zero-order valence-corrected chi connectivity index (χ0v) is 10.3. The number of carbonyl (C=O) groups is 1. The molecule has 0 spiro atoms. The number of rotatable bonds is 4. The number of aliphatic carboxylic acids is 1. The van der Waals surface area contributed by atoms with Gasteiger partial charge in [-0.05, 0) is 25.5 Å². The third-order valence-corrected chi connectivity index (χ3v) is 2.65. The maximum absolute atomic E-state index is 10.5. The standard InChI is InChI=1S/C13H14N2O3/c1-8-3-4-9(2)10(7-8)13-14-11(18-15-13)5-6-12(16)17/h3-4,7H,5-6H2,1-2H3,(H,16,17). The summed E-state index contributed by atoms with van der Waals surface area (Å²) in [4.78, 5) is 14.7. The number of hydrogen-bond acceptors (Lipinski definition) is 4. The second-order valence-electron chi connectivity index (χ2n) is 4.22. The van der Waals surface area contributed by atoms with Crippen LogP contribution in [0.15, 0.2) is 22.7 Å². The van der Waals surface area contributed by atoms with E-state index in [0.717, 1.165) is 16.7 Å². The van der Waals surface area contributed by atoms with Crippen molar-refractivity contribution in [2.45, 2.75) is 26.7 Å². The Bertz CT molecular complexity index is 575. The molecule has 0 fully saturated rings. The first kappa shape index (κ1) is 12.3. The highest BCUT2D eigenvalue weighted by atomic mass is 16.5. The Morgan fingerprint density at radius 1 is 1.39 bits per heavy atom. The van der Waals surface area contributed by atoms with Crippen LogP contribution in [-0.2, 0) is 11.2 Å². The van der Waals surface area contributed by atoms with Crippen molar-refractivity contribution in [3.63, 3.8) is 0 Å². The second-order valence-corrected chi connectivity index (χ2v) is 4.22. The molecule has 5 nitrogen and oxygen atoms in total. The lowest BCUT2D eigenvalue weighted by molar-refractivity contribution is -0.137. The molecule has 0 saturated heterocycles. The van der Waals surface area contributed by atoms with Crippen molar-refractivity contribution in [2.24, 2.45) is 0 Å². The van der Waals surface area contributed by atoms with E-state index in [-0.39, 0.29) is 12.8 Å². The summed E-state index contributed by atoms with van der Waals surface area (Å²) in [6.07, 6.45) is 0.252. The maximum Gasteiger partial charge on any atom is 0.303 e. The van der Waals surface area contributed by atoms with Gasteiger partial charge in [0.15, 0.2) is 0 Å². The summed E-state index contributed by atoms with van der Waals surface area (Å²) >= 11 is 0. The lowest BCUT2D eigenvalue weighted by Crippen LogP contribution is -1.97. The Kier molecular flexibility index (Phi) is 3.41. The number of nitrogens with zero attached hydrogens (tertiary/aromatic N) is 2. The molecule has 0 aliphatic rings. The van der Waals surface area contributed by atoms with Crippen molar-refractivity contribution in [1.29, 1.82) is 0 Å². The summed E-state index contributed by atoms with van der Waals surface area (Å²) in [6.45, 7) is 3.97. The van der Waals surface area contributed by atoms with Crippen LogP contribution in [0, 0.1) is 13.8 Å². The van der Waals surface area contributed by atoms with Gasteiger partial charge in [-0.2, -0.15) is 4.98 Å². The van der Waals surface area contributed by atoms with Crippen molar-refractivity contribution in [2.75, 3.05) is 0 Å². The molecule has 5 heteroatoms. The molecule has 0 amide bonds. The van der Waals surface area contributed by atoms with Crippen molar-refractivity contribution in [1.82, 2.24) is 10.1 Å². The molecule has 0 aliphatic carbocycles. The molecule has 0 saturated carbocycles. The van der Waals surface area contributed by atoms with Crippen molar-refractivity contribution in [3.05, 3.63) is 35.2 Å². The Morgan fingerprint density at radius 3 is 2.89 bits per heavy atom. The van der Waals surface area contributed by atoms with Crippen molar-refractivity contribution >= 4 is 5.97 Å². The minimum Gasteiger partial charge on any atom is -0.481 e. The molecule has 0 aliphatic heterocycles. The lowest BCUT2D eigenvalue weighted by atomic mass is 10.1. The number of aryl methyl sites for hydroxylation is 3. The van der Waals surface area contributed by atoms with Gasteiger partial charge in [0.1, 0.15) is 0 Å². The highest BCUT2D eigenvalue weighted by Gasteiger charge is 2.11. The average molecular weight is 246 g/mol. The molecule has 94 valence electrons. The largest absolute Gasteiger partial charge is 0.481 e. The Balaban J connectivity index is 2.23. The van der Waals surface area contributed by atoms with E-state index in [0.29, 0.717) is 11.7 Å². The van der Waals surface area contributed by atoms with E-state index in [1.54, 1.807) is 0 Å². The molecule has 2 rings (SSSR count). The van der Waals surface area contributed by atoms with E-state index >= 15 is 0 Å². The van der Waals surface area contributed by atoms with E-state index in [9.17, 15) is 4.79 Å². The van der Waals surface area contributed by atoms with E-state index in [4.69, 9.17) is 9.63 Å². The number of benzene rings is 1. The third-order valence-electron chi connectivity index (χ3n) is 2.65. The van der Waals surface area contributed by atoms with Crippen LogP contribution in [0.25, 0.3) is 11.4 Å². The van der Waals surface area contributed by atoms with E-state index in [1.807, 2.05) is 32.0 Å². The summed E-state index contributed by atoms with van der Waals surface area (Å²) < 4.78 is 5.04. The fraction of sp³-hybridized carbons (Fsp3) is 0.308. The normalized spacial score (nSPS) is 10.6. The number of carboxylic acids is 1. The first-order valence-corrected chi connectivity index (χ1v) is 5.68. The smallest absolute Gasteiger partial charge is 0.303 e. The van der Waals surface area contributed by atoms with Crippen LogP contribution in [0.4, 0.5) is 0 Å². The van der Waals surface area contributed by atoms with Crippen LogP contribution < -0.4 is 0 Å². The summed E-state index contributed by atoms with van der Waals surface area (Å²) in [5, 5.41) is 12.5. The molecule has 0 atom stereocenters. The van der Waals surface area contributed by atoms with Crippen LogP contribution >= 0.6 is 0 Å². The fourth-order valence-corrected chi connectivity index (χ4v) is 1.66. The molecule has 1 aromatic carbocycles. The highest BCUT2D eigenvalue weighted by molar-refractivity contribution is 5.67. The van der Waals surface area contributed by atoms with Gasteiger partial charge in [0.05, 0.1) is 6.42 Å². The molecule has 2 aromatic rings. The van der Waals surface area contributed by atoms with Gasteiger partial charge in [0, 0.05) is 12.0 Å². The van der Waals surface area contributed by atoms with Gasteiger partial charge < -0.3 is 9.63 Å². The monoisotopic (exact) mass is 246 g/mol. The van der Waals surface area contributed by atoms with Crippen molar-refractivity contribution in [3.8, 4) is 11.4 Å². The van der Waals surface area contributed by atoms with E-state index in [2.05, 4.69) is 10.1 Å². The summed E-state index contributed by atoms with van der Waals surface area (Å²) in [6, 6.07) is 6.00. The highest BCUT2D eigenvalue weighted by Crippen LogP contribution is 2.21.